The van der Waals surface area contributed by atoms with Crippen molar-refractivity contribution in [1.82, 2.24) is 15.0 Å². The lowest BCUT2D eigenvalue weighted by molar-refractivity contribution is -0.137. The van der Waals surface area contributed by atoms with Crippen molar-refractivity contribution in [2.75, 3.05) is 23.1 Å². The lowest BCUT2D eigenvalue weighted by atomic mass is 10.2. The van der Waals surface area contributed by atoms with Gasteiger partial charge in [-0.15, -0.1) is 0 Å². The lowest BCUT2D eigenvalue weighted by Crippen LogP contribution is -2.19. The van der Waals surface area contributed by atoms with E-state index in [0.29, 0.717) is 33.1 Å². The standard InChI is InChI=1S/C24H16ClF3N6O3S/c1-37-19-8-13-17(9-18(19)35)29-10-30-21(13)34-23-33-16-5-3-12(7-20(16)38-23)32-22(36)31-11-2-4-15(25)14(6-11)24(26,27)28/h2-10,35H,1H3,(H2,31,32,36)(H,29,30,33,34). The number of halogens is 4. The molecule has 0 atom stereocenters. The Balaban J connectivity index is 1.34. The monoisotopic (exact) mass is 560 g/mol. The first-order chi connectivity index (χ1) is 18.1. The molecule has 2 aromatic heterocycles. The number of anilines is 4. The minimum Gasteiger partial charge on any atom is -0.504 e. The maximum absolute atomic E-state index is 13.1. The summed E-state index contributed by atoms with van der Waals surface area (Å²) >= 11 is 6.91. The van der Waals surface area contributed by atoms with Gasteiger partial charge in [-0.25, -0.2) is 19.7 Å². The number of nitrogens with zero attached hydrogens (tertiary/aromatic N) is 3. The Morgan fingerprint density at radius 1 is 1.03 bits per heavy atom. The van der Waals surface area contributed by atoms with Crippen molar-refractivity contribution in [2.45, 2.75) is 6.18 Å². The number of phenols is 1. The number of hydrogen-bond acceptors (Lipinski definition) is 8. The summed E-state index contributed by atoms with van der Waals surface area (Å²) in [5.41, 5.74) is 0.441. The van der Waals surface area contributed by atoms with Crippen molar-refractivity contribution in [3.8, 4) is 11.5 Å². The summed E-state index contributed by atoms with van der Waals surface area (Å²) in [4.78, 5) is 25.4. The van der Waals surface area contributed by atoms with Gasteiger partial charge in [0.2, 0.25) is 0 Å². The molecule has 2 amide bonds. The van der Waals surface area contributed by atoms with Gasteiger partial charge >= 0.3 is 12.2 Å². The van der Waals surface area contributed by atoms with Crippen LogP contribution >= 0.6 is 22.9 Å². The summed E-state index contributed by atoms with van der Waals surface area (Å²) in [5.74, 6) is 0.665. The number of hydrogen-bond donors (Lipinski definition) is 4. The van der Waals surface area contributed by atoms with Crippen LogP contribution in [-0.4, -0.2) is 33.2 Å². The molecule has 0 aliphatic rings. The lowest BCUT2D eigenvalue weighted by Gasteiger charge is -2.12. The summed E-state index contributed by atoms with van der Waals surface area (Å²) in [6, 6.07) is 10.4. The third-order valence-electron chi connectivity index (χ3n) is 5.34. The Morgan fingerprint density at radius 2 is 1.76 bits per heavy atom. The van der Waals surface area contributed by atoms with Gasteiger partial charge in [-0.1, -0.05) is 22.9 Å². The second-order valence-corrected chi connectivity index (χ2v) is 9.30. The van der Waals surface area contributed by atoms with Crippen LogP contribution in [-0.2, 0) is 6.18 Å². The van der Waals surface area contributed by atoms with E-state index in [2.05, 4.69) is 30.9 Å². The number of carbonyl (C=O) groups is 1. The van der Waals surface area contributed by atoms with Crippen molar-refractivity contribution in [2.24, 2.45) is 0 Å². The fourth-order valence-corrected chi connectivity index (χ4v) is 4.73. The molecule has 2 heterocycles. The number of aromatic hydroxyl groups is 1. The van der Waals surface area contributed by atoms with Gasteiger partial charge < -0.3 is 25.8 Å². The van der Waals surface area contributed by atoms with E-state index in [0.717, 1.165) is 16.8 Å². The number of amides is 2. The minimum absolute atomic E-state index is 0.0504. The fourth-order valence-electron chi connectivity index (χ4n) is 3.61. The molecule has 5 rings (SSSR count). The quantitative estimate of drug-likeness (QED) is 0.182. The van der Waals surface area contributed by atoms with E-state index >= 15 is 0 Å². The average Bonchev–Trinajstić information content (AvgIpc) is 3.26. The van der Waals surface area contributed by atoms with Gasteiger partial charge in [0.1, 0.15) is 12.1 Å². The molecule has 5 aromatic rings. The highest BCUT2D eigenvalue weighted by Crippen LogP contribution is 2.37. The van der Waals surface area contributed by atoms with E-state index in [1.54, 1.807) is 24.3 Å². The molecule has 0 aliphatic carbocycles. The number of alkyl halides is 3. The maximum atomic E-state index is 13.1. The Bertz CT molecular complexity index is 1700. The number of fused-ring (bicyclic) bond motifs is 2. The van der Waals surface area contributed by atoms with Crippen LogP contribution in [0.4, 0.5) is 40.3 Å². The predicted octanol–water partition coefficient (Wildman–Crippen LogP) is 7.01. The number of methoxy groups -OCH3 is 1. The highest BCUT2D eigenvalue weighted by atomic mass is 35.5. The van der Waals surface area contributed by atoms with Gasteiger partial charge in [0.25, 0.3) is 0 Å². The molecule has 14 heteroatoms. The van der Waals surface area contributed by atoms with Crippen LogP contribution in [0.2, 0.25) is 5.02 Å². The van der Waals surface area contributed by atoms with Gasteiger partial charge in [0.05, 0.1) is 33.4 Å². The summed E-state index contributed by atoms with van der Waals surface area (Å²) in [6.07, 6.45) is -3.30. The van der Waals surface area contributed by atoms with Crippen molar-refractivity contribution < 1.29 is 27.8 Å². The third-order valence-corrected chi connectivity index (χ3v) is 6.60. The number of rotatable bonds is 5. The van der Waals surface area contributed by atoms with Crippen molar-refractivity contribution in [3.05, 3.63) is 65.4 Å². The third kappa shape index (κ3) is 5.19. The topological polar surface area (TPSA) is 121 Å². The van der Waals surface area contributed by atoms with Crippen LogP contribution in [0.15, 0.2) is 54.9 Å². The molecule has 0 unspecified atom stereocenters. The highest BCUT2D eigenvalue weighted by molar-refractivity contribution is 7.22. The fraction of sp³-hybridized carbons (Fsp3) is 0.0833. The van der Waals surface area contributed by atoms with Crippen LogP contribution in [0.1, 0.15) is 5.56 Å². The number of benzene rings is 3. The average molecular weight is 561 g/mol. The first-order valence-corrected chi connectivity index (χ1v) is 11.9. The van der Waals surface area contributed by atoms with Gasteiger partial charge in [0, 0.05) is 22.8 Å². The number of aromatic nitrogens is 3. The van der Waals surface area contributed by atoms with E-state index in [4.69, 9.17) is 16.3 Å². The molecule has 0 bridgehead atoms. The molecule has 0 aliphatic heterocycles. The largest absolute Gasteiger partial charge is 0.504 e. The van der Waals surface area contributed by atoms with E-state index < -0.39 is 22.8 Å². The van der Waals surface area contributed by atoms with Crippen LogP contribution < -0.4 is 20.7 Å². The highest BCUT2D eigenvalue weighted by Gasteiger charge is 2.33. The number of thiazole rings is 1. The molecule has 4 N–H and O–H groups in total. The Morgan fingerprint density at radius 3 is 2.50 bits per heavy atom. The van der Waals surface area contributed by atoms with Crippen LogP contribution in [0, 0.1) is 0 Å². The van der Waals surface area contributed by atoms with Gasteiger partial charge in [-0.3, -0.25) is 0 Å². The van der Waals surface area contributed by atoms with E-state index in [-0.39, 0.29) is 17.2 Å². The predicted molar refractivity (Wildman–Crippen MR) is 140 cm³/mol. The Hall–Kier alpha value is -4.36. The molecule has 0 fully saturated rings. The zero-order valence-corrected chi connectivity index (χ0v) is 20.8. The smallest absolute Gasteiger partial charge is 0.417 e. The number of phenolic OH excluding ortho intramolecular Hbond substituents is 1. The van der Waals surface area contributed by atoms with E-state index in [9.17, 15) is 23.1 Å². The Kier molecular flexibility index (Phi) is 6.55. The molecular weight excluding hydrogens is 545 g/mol. The SMILES string of the molecule is COc1cc2c(Nc3nc4ccc(NC(=O)Nc5ccc(Cl)c(C(F)(F)F)c5)cc4s3)ncnc2cc1O. The summed E-state index contributed by atoms with van der Waals surface area (Å²) in [7, 11) is 1.44. The van der Waals surface area contributed by atoms with E-state index in [1.807, 2.05) is 0 Å². The zero-order valence-electron chi connectivity index (χ0n) is 19.2. The van der Waals surface area contributed by atoms with Crippen LogP contribution in [0.3, 0.4) is 0 Å². The zero-order chi connectivity index (χ0) is 27.0. The molecule has 0 saturated heterocycles. The maximum Gasteiger partial charge on any atom is 0.417 e. The van der Waals surface area contributed by atoms with Gasteiger partial charge in [-0.05, 0) is 42.5 Å². The van der Waals surface area contributed by atoms with E-state index in [1.165, 1.54) is 36.9 Å². The molecule has 0 radical (unpaired) electrons. The Labute approximate surface area is 221 Å². The molecule has 3 aromatic carbocycles. The van der Waals surface area contributed by atoms with Crippen molar-refractivity contribution >= 4 is 72.4 Å². The van der Waals surface area contributed by atoms with Gasteiger partial charge in [0.15, 0.2) is 16.6 Å². The first kappa shape index (κ1) is 25.3. The summed E-state index contributed by atoms with van der Waals surface area (Å²) in [6.45, 7) is 0. The van der Waals surface area contributed by atoms with Crippen molar-refractivity contribution in [3.63, 3.8) is 0 Å². The number of carbonyl (C=O) groups excluding carboxylic acids is 1. The van der Waals surface area contributed by atoms with Gasteiger partial charge in [-0.2, -0.15) is 13.2 Å². The second-order valence-electron chi connectivity index (χ2n) is 7.86. The summed E-state index contributed by atoms with van der Waals surface area (Å²) < 4.78 is 45.1. The number of ether oxygens (including phenoxy) is 1. The molecule has 9 nitrogen and oxygen atoms in total. The first-order valence-electron chi connectivity index (χ1n) is 10.7. The van der Waals surface area contributed by atoms with Crippen molar-refractivity contribution in [1.29, 1.82) is 0 Å². The molecule has 194 valence electrons. The molecule has 0 saturated carbocycles. The normalized spacial score (nSPS) is 11.5. The number of urea groups is 1. The molecule has 38 heavy (non-hydrogen) atoms. The molecule has 0 spiro atoms. The number of nitrogens with one attached hydrogen (secondary N) is 3. The summed E-state index contributed by atoms with van der Waals surface area (Å²) in [5, 5.41) is 18.8. The second kappa shape index (κ2) is 9.84. The molecular formula is C24H16ClF3N6O3S. The van der Waals surface area contributed by atoms with Crippen LogP contribution in [0.5, 0.6) is 11.5 Å². The van der Waals surface area contributed by atoms with Crippen LogP contribution in [0.25, 0.3) is 21.1 Å². The minimum atomic E-state index is -4.65.